The Morgan fingerprint density at radius 2 is 2.25 bits per heavy atom. The zero-order valence-electron chi connectivity index (χ0n) is 6.62. The number of nitrogens with zero attached hydrogens (tertiary/aromatic N) is 2. The number of nitrogens with one attached hydrogen (secondary N) is 1. The van der Waals surface area contributed by atoms with Crippen LogP contribution in [0.25, 0.3) is 0 Å². The van der Waals surface area contributed by atoms with Crippen molar-refractivity contribution in [3.8, 4) is 0 Å². The second-order valence-corrected chi connectivity index (χ2v) is 2.51. The van der Waals surface area contributed by atoms with Crippen LogP contribution in [0.1, 0.15) is 6.42 Å². The van der Waals surface area contributed by atoms with E-state index in [1.807, 2.05) is 0 Å². The SMILES string of the molecule is C=CCC1(N)N=C(N)N=C(N)N1. The summed E-state index contributed by atoms with van der Waals surface area (Å²) in [6.45, 7) is 3.54. The van der Waals surface area contributed by atoms with E-state index in [2.05, 4.69) is 21.9 Å². The molecule has 7 N–H and O–H groups in total. The van der Waals surface area contributed by atoms with Gasteiger partial charge in [-0.05, 0) is 0 Å². The standard InChI is InChI=1S/C6H12N6/c1-2-3-6(9)11-4(7)10-5(8)12-6/h2H,1,3,9H2,(H5,7,8,10,11,12). The van der Waals surface area contributed by atoms with Crippen LogP contribution in [0.5, 0.6) is 0 Å². The molecule has 0 saturated carbocycles. The summed E-state index contributed by atoms with van der Waals surface area (Å²) in [5, 5.41) is 2.69. The number of rotatable bonds is 2. The van der Waals surface area contributed by atoms with E-state index in [-0.39, 0.29) is 11.9 Å². The second kappa shape index (κ2) is 2.82. The van der Waals surface area contributed by atoms with E-state index in [1.54, 1.807) is 6.08 Å². The van der Waals surface area contributed by atoms with Crippen molar-refractivity contribution < 1.29 is 0 Å². The van der Waals surface area contributed by atoms with Gasteiger partial charge in [0, 0.05) is 6.42 Å². The highest BCUT2D eigenvalue weighted by Gasteiger charge is 2.26. The van der Waals surface area contributed by atoms with Gasteiger partial charge in [0.15, 0.2) is 11.7 Å². The fourth-order valence-corrected chi connectivity index (χ4v) is 0.947. The van der Waals surface area contributed by atoms with Gasteiger partial charge >= 0.3 is 0 Å². The monoisotopic (exact) mass is 168 g/mol. The molecular formula is C6H12N6. The Balaban J connectivity index is 2.84. The summed E-state index contributed by atoms with van der Waals surface area (Å²) in [5.74, 6) is -0.736. The Kier molecular flexibility index (Phi) is 2.01. The molecule has 0 aliphatic carbocycles. The van der Waals surface area contributed by atoms with Crippen LogP contribution >= 0.6 is 0 Å². The molecule has 0 saturated heterocycles. The normalized spacial score (nSPS) is 28.4. The fourth-order valence-electron chi connectivity index (χ4n) is 0.947. The fraction of sp³-hybridized carbons (Fsp3) is 0.333. The quantitative estimate of drug-likeness (QED) is 0.372. The van der Waals surface area contributed by atoms with Gasteiger partial charge < -0.3 is 16.8 Å². The molecule has 1 heterocycles. The van der Waals surface area contributed by atoms with E-state index >= 15 is 0 Å². The zero-order valence-corrected chi connectivity index (χ0v) is 6.62. The highest BCUT2D eigenvalue weighted by Crippen LogP contribution is 2.07. The van der Waals surface area contributed by atoms with Crippen LogP contribution in [-0.2, 0) is 0 Å². The van der Waals surface area contributed by atoms with Crippen molar-refractivity contribution in [1.82, 2.24) is 5.32 Å². The van der Waals surface area contributed by atoms with Crippen molar-refractivity contribution in [1.29, 1.82) is 0 Å². The molecular weight excluding hydrogens is 156 g/mol. The van der Waals surface area contributed by atoms with Crippen molar-refractivity contribution in [2.24, 2.45) is 27.2 Å². The minimum absolute atomic E-state index is 0.0793. The molecule has 0 aromatic carbocycles. The molecule has 1 rings (SSSR count). The zero-order chi connectivity index (χ0) is 9.19. The van der Waals surface area contributed by atoms with Gasteiger partial charge in [-0.3, -0.25) is 5.73 Å². The highest BCUT2D eigenvalue weighted by molar-refractivity contribution is 5.95. The Hall–Kier alpha value is -1.56. The molecule has 0 aromatic rings. The maximum absolute atomic E-state index is 5.74. The van der Waals surface area contributed by atoms with Gasteiger partial charge in [0.05, 0.1) is 0 Å². The van der Waals surface area contributed by atoms with Crippen LogP contribution < -0.4 is 22.5 Å². The first-order valence-corrected chi connectivity index (χ1v) is 3.43. The lowest BCUT2D eigenvalue weighted by atomic mass is 10.2. The second-order valence-electron chi connectivity index (χ2n) is 2.51. The molecule has 0 radical (unpaired) electrons. The summed E-state index contributed by atoms with van der Waals surface area (Å²) in [7, 11) is 0. The van der Waals surface area contributed by atoms with Crippen LogP contribution in [0.4, 0.5) is 0 Å². The molecule has 0 bridgehead atoms. The lowest BCUT2D eigenvalue weighted by molar-refractivity contribution is 0.410. The summed E-state index contributed by atoms with van der Waals surface area (Å²) in [6, 6.07) is 0. The van der Waals surface area contributed by atoms with Crippen molar-refractivity contribution in [3.63, 3.8) is 0 Å². The molecule has 1 atom stereocenters. The van der Waals surface area contributed by atoms with Gasteiger partial charge in [-0.25, -0.2) is 4.99 Å². The third-order valence-electron chi connectivity index (χ3n) is 1.35. The number of nitrogens with two attached hydrogens (primary N) is 3. The maximum Gasteiger partial charge on any atom is 0.222 e. The highest BCUT2D eigenvalue weighted by atomic mass is 15.4. The molecule has 0 spiro atoms. The Bertz CT molecular complexity index is 255. The van der Waals surface area contributed by atoms with Crippen molar-refractivity contribution in [3.05, 3.63) is 12.7 Å². The molecule has 1 aliphatic rings. The van der Waals surface area contributed by atoms with Crippen molar-refractivity contribution >= 4 is 11.9 Å². The molecule has 1 aliphatic heterocycles. The van der Waals surface area contributed by atoms with E-state index in [1.165, 1.54) is 0 Å². The smallest absolute Gasteiger partial charge is 0.222 e. The molecule has 0 aromatic heterocycles. The number of guanidine groups is 2. The molecule has 0 amide bonds. The van der Waals surface area contributed by atoms with Gasteiger partial charge in [0.2, 0.25) is 5.96 Å². The van der Waals surface area contributed by atoms with Gasteiger partial charge in [0.1, 0.15) is 0 Å². The number of hydrogen-bond acceptors (Lipinski definition) is 6. The summed E-state index contributed by atoms with van der Waals surface area (Å²) in [4.78, 5) is 7.53. The average molecular weight is 168 g/mol. The predicted octanol–water partition coefficient (Wildman–Crippen LogP) is -1.59. The van der Waals surface area contributed by atoms with E-state index in [9.17, 15) is 0 Å². The largest absolute Gasteiger partial charge is 0.369 e. The maximum atomic E-state index is 5.74. The first-order chi connectivity index (χ1) is 5.56. The van der Waals surface area contributed by atoms with E-state index in [0.29, 0.717) is 6.42 Å². The first kappa shape index (κ1) is 8.54. The third-order valence-corrected chi connectivity index (χ3v) is 1.35. The summed E-state index contributed by atoms with van der Waals surface area (Å²) in [5.41, 5.74) is 16.5. The molecule has 6 nitrogen and oxygen atoms in total. The average Bonchev–Trinajstić information content (AvgIpc) is 1.82. The molecule has 0 fully saturated rings. The first-order valence-electron chi connectivity index (χ1n) is 3.43. The van der Waals surface area contributed by atoms with E-state index in [4.69, 9.17) is 17.2 Å². The van der Waals surface area contributed by atoms with Crippen LogP contribution in [0.2, 0.25) is 0 Å². The van der Waals surface area contributed by atoms with Crippen molar-refractivity contribution in [2.45, 2.75) is 12.2 Å². The topological polar surface area (TPSA) is 115 Å². The number of aliphatic imine (C=N–C) groups is 2. The Morgan fingerprint density at radius 3 is 2.75 bits per heavy atom. The minimum Gasteiger partial charge on any atom is -0.369 e. The van der Waals surface area contributed by atoms with Gasteiger partial charge in [-0.1, -0.05) is 6.08 Å². The summed E-state index contributed by atoms with van der Waals surface area (Å²) < 4.78 is 0. The van der Waals surface area contributed by atoms with Gasteiger partial charge in [-0.2, -0.15) is 4.99 Å². The third kappa shape index (κ3) is 1.73. The van der Waals surface area contributed by atoms with Crippen LogP contribution in [0, 0.1) is 0 Å². The number of hydrogen-bond donors (Lipinski definition) is 4. The lowest BCUT2D eigenvalue weighted by Gasteiger charge is -2.28. The minimum atomic E-state index is -0.988. The lowest BCUT2D eigenvalue weighted by Crippen LogP contribution is -2.59. The van der Waals surface area contributed by atoms with Gasteiger partial charge in [-0.15, -0.1) is 6.58 Å². The van der Waals surface area contributed by atoms with Crippen LogP contribution in [0.3, 0.4) is 0 Å². The summed E-state index contributed by atoms with van der Waals surface area (Å²) >= 11 is 0. The Labute approximate surface area is 70.2 Å². The Morgan fingerprint density at radius 1 is 1.58 bits per heavy atom. The van der Waals surface area contributed by atoms with E-state index in [0.717, 1.165) is 0 Å². The molecule has 1 unspecified atom stereocenters. The van der Waals surface area contributed by atoms with E-state index < -0.39 is 5.79 Å². The van der Waals surface area contributed by atoms with Gasteiger partial charge in [0.25, 0.3) is 0 Å². The van der Waals surface area contributed by atoms with Crippen LogP contribution in [-0.4, -0.2) is 17.7 Å². The summed E-state index contributed by atoms with van der Waals surface area (Å²) in [6.07, 6.45) is 2.06. The molecule has 6 heteroatoms. The van der Waals surface area contributed by atoms with Crippen molar-refractivity contribution in [2.75, 3.05) is 0 Å². The molecule has 12 heavy (non-hydrogen) atoms. The van der Waals surface area contributed by atoms with Crippen LogP contribution in [0.15, 0.2) is 22.6 Å². The molecule has 66 valence electrons. The predicted molar refractivity (Wildman–Crippen MR) is 48.1 cm³/mol.